The molecular weight excluding hydrogens is 298 g/mol. The maximum Gasteiger partial charge on any atom is 0.254 e. The lowest BCUT2D eigenvalue weighted by atomic mass is 10.0. The first-order valence-corrected chi connectivity index (χ1v) is 8.24. The molecular formula is C20H19N3O. The van der Waals surface area contributed by atoms with Crippen LogP contribution in [0.4, 0.5) is 0 Å². The van der Waals surface area contributed by atoms with Gasteiger partial charge in [0, 0.05) is 36.8 Å². The van der Waals surface area contributed by atoms with Crippen LogP contribution in [0.25, 0.3) is 10.9 Å². The highest BCUT2D eigenvalue weighted by Crippen LogP contribution is 2.25. The summed E-state index contributed by atoms with van der Waals surface area (Å²) in [6, 6.07) is 19.9. The highest BCUT2D eigenvalue weighted by atomic mass is 16.2. The Morgan fingerprint density at radius 1 is 1.08 bits per heavy atom. The van der Waals surface area contributed by atoms with E-state index in [9.17, 15) is 4.79 Å². The number of aromatic nitrogens is 1. The zero-order chi connectivity index (χ0) is 16.4. The zero-order valence-electron chi connectivity index (χ0n) is 13.4. The topological polar surface area (TPSA) is 45.2 Å². The van der Waals surface area contributed by atoms with Crippen molar-refractivity contribution in [3.8, 4) is 0 Å². The maximum atomic E-state index is 13.1. The van der Waals surface area contributed by atoms with E-state index in [1.54, 1.807) is 6.20 Å². The number of piperazine rings is 1. The van der Waals surface area contributed by atoms with Crippen LogP contribution in [0, 0.1) is 0 Å². The van der Waals surface area contributed by atoms with Crippen LogP contribution in [0.2, 0.25) is 0 Å². The average Bonchev–Trinajstić information content (AvgIpc) is 2.68. The molecule has 0 aliphatic carbocycles. The van der Waals surface area contributed by atoms with Crippen molar-refractivity contribution >= 4 is 16.8 Å². The van der Waals surface area contributed by atoms with Crippen molar-refractivity contribution in [2.75, 3.05) is 19.6 Å². The molecule has 1 N–H and O–H groups in total. The van der Waals surface area contributed by atoms with E-state index in [-0.39, 0.29) is 11.9 Å². The van der Waals surface area contributed by atoms with Gasteiger partial charge in [-0.3, -0.25) is 9.78 Å². The van der Waals surface area contributed by atoms with Gasteiger partial charge in [-0.05, 0) is 29.8 Å². The van der Waals surface area contributed by atoms with E-state index in [0.29, 0.717) is 6.54 Å². The lowest BCUT2D eigenvalue weighted by Gasteiger charge is -2.36. The number of amides is 1. The minimum Gasteiger partial charge on any atom is -0.329 e. The van der Waals surface area contributed by atoms with Crippen LogP contribution in [0.5, 0.6) is 0 Å². The lowest BCUT2D eigenvalue weighted by Crippen LogP contribution is -2.48. The van der Waals surface area contributed by atoms with Crippen molar-refractivity contribution in [2.45, 2.75) is 6.04 Å². The third kappa shape index (κ3) is 2.76. The summed E-state index contributed by atoms with van der Waals surface area (Å²) in [5.41, 5.74) is 2.80. The molecule has 1 aliphatic rings. The molecule has 0 saturated carbocycles. The molecule has 3 aromatic rings. The summed E-state index contributed by atoms with van der Waals surface area (Å²) in [4.78, 5) is 19.4. The molecule has 0 unspecified atom stereocenters. The second kappa shape index (κ2) is 6.42. The first-order chi connectivity index (χ1) is 11.8. The standard InChI is InChI=1S/C20H19N3O/c24-20(17-8-9-18-16(13-17)7-4-10-22-18)23-12-11-21-14-19(23)15-5-2-1-3-6-15/h1-10,13,19,21H,11-12,14H2/t19-/m0/s1. The lowest BCUT2D eigenvalue weighted by molar-refractivity contribution is 0.0634. The van der Waals surface area contributed by atoms with Gasteiger partial charge in [0.1, 0.15) is 0 Å². The van der Waals surface area contributed by atoms with E-state index in [2.05, 4.69) is 22.4 Å². The van der Waals surface area contributed by atoms with Gasteiger partial charge in [0.15, 0.2) is 0 Å². The summed E-state index contributed by atoms with van der Waals surface area (Å²) in [5.74, 6) is 0.0797. The number of hydrogen-bond acceptors (Lipinski definition) is 3. The molecule has 2 aromatic carbocycles. The molecule has 1 aromatic heterocycles. The van der Waals surface area contributed by atoms with E-state index in [1.165, 1.54) is 5.56 Å². The molecule has 1 saturated heterocycles. The van der Waals surface area contributed by atoms with Gasteiger partial charge in [-0.2, -0.15) is 0 Å². The van der Waals surface area contributed by atoms with Crippen LogP contribution in [0.1, 0.15) is 22.0 Å². The molecule has 0 spiro atoms. The van der Waals surface area contributed by atoms with Crippen molar-refractivity contribution in [3.63, 3.8) is 0 Å². The fourth-order valence-corrected chi connectivity index (χ4v) is 3.29. The summed E-state index contributed by atoms with van der Waals surface area (Å²) >= 11 is 0. The number of rotatable bonds is 2. The fraction of sp³-hybridized carbons (Fsp3) is 0.200. The Labute approximate surface area is 141 Å². The molecule has 4 nitrogen and oxygen atoms in total. The Morgan fingerprint density at radius 3 is 2.83 bits per heavy atom. The Balaban J connectivity index is 1.67. The molecule has 1 atom stereocenters. The Kier molecular flexibility index (Phi) is 3.97. The highest BCUT2D eigenvalue weighted by Gasteiger charge is 2.28. The largest absolute Gasteiger partial charge is 0.329 e. The maximum absolute atomic E-state index is 13.1. The minimum absolute atomic E-state index is 0.0667. The number of pyridine rings is 1. The molecule has 4 heteroatoms. The van der Waals surface area contributed by atoms with Gasteiger partial charge < -0.3 is 10.2 Å². The van der Waals surface area contributed by atoms with Crippen LogP contribution >= 0.6 is 0 Å². The number of nitrogens with zero attached hydrogens (tertiary/aromatic N) is 2. The molecule has 0 radical (unpaired) electrons. The third-order valence-corrected chi connectivity index (χ3v) is 4.54. The zero-order valence-corrected chi connectivity index (χ0v) is 13.4. The predicted molar refractivity (Wildman–Crippen MR) is 94.8 cm³/mol. The summed E-state index contributed by atoms with van der Waals surface area (Å²) in [6.07, 6.45) is 1.77. The number of carbonyl (C=O) groups excluding carboxylic acids is 1. The van der Waals surface area contributed by atoms with Gasteiger partial charge >= 0.3 is 0 Å². The SMILES string of the molecule is O=C(c1ccc2ncccc2c1)N1CCNC[C@H]1c1ccccc1. The van der Waals surface area contributed by atoms with Gasteiger partial charge in [-0.1, -0.05) is 36.4 Å². The van der Waals surface area contributed by atoms with E-state index < -0.39 is 0 Å². The first kappa shape index (κ1) is 14.8. The normalized spacial score (nSPS) is 17.8. The summed E-state index contributed by atoms with van der Waals surface area (Å²) in [6.45, 7) is 2.32. The quantitative estimate of drug-likeness (QED) is 0.790. The van der Waals surface area contributed by atoms with Crippen molar-refractivity contribution in [2.24, 2.45) is 0 Å². The second-order valence-corrected chi connectivity index (χ2v) is 6.04. The van der Waals surface area contributed by atoms with Crippen LogP contribution < -0.4 is 5.32 Å². The minimum atomic E-state index is 0.0667. The van der Waals surface area contributed by atoms with Crippen LogP contribution in [0.15, 0.2) is 66.9 Å². The Hall–Kier alpha value is -2.72. The molecule has 2 heterocycles. The van der Waals surface area contributed by atoms with Gasteiger partial charge in [0.25, 0.3) is 5.91 Å². The van der Waals surface area contributed by atoms with Gasteiger partial charge in [-0.15, -0.1) is 0 Å². The summed E-state index contributed by atoms with van der Waals surface area (Å²) < 4.78 is 0. The first-order valence-electron chi connectivity index (χ1n) is 8.24. The summed E-state index contributed by atoms with van der Waals surface area (Å²) in [7, 11) is 0. The van der Waals surface area contributed by atoms with Crippen molar-refractivity contribution < 1.29 is 4.79 Å². The van der Waals surface area contributed by atoms with Crippen molar-refractivity contribution in [1.82, 2.24) is 15.2 Å². The molecule has 1 fully saturated rings. The van der Waals surface area contributed by atoms with Crippen LogP contribution in [-0.4, -0.2) is 35.4 Å². The molecule has 4 rings (SSSR count). The van der Waals surface area contributed by atoms with Crippen LogP contribution in [0.3, 0.4) is 0 Å². The van der Waals surface area contributed by atoms with Gasteiger partial charge in [0.05, 0.1) is 11.6 Å². The number of nitrogens with one attached hydrogen (secondary N) is 1. The molecule has 120 valence electrons. The smallest absolute Gasteiger partial charge is 0.254 e. The number of fused-ring (bicyclic) bond motifs is 1. The average molecular weight is 317 g/mol. The van der Waals surface area contributed by atoms with Crippen molar-refractivity contribution in [1.29, 1.82) is 0 Å². The molecule has 24 heavy (non-hydrogen) atoms. The van der Waals surface area contributed by atoms with Crippen LogP contribution in [-0.2, 0) is 0 Å². The van der Waals surface area contributed by atoms with E-state index in [4.69, 9.17) is 0 Å². The van der Waals surface area contributed by atoms with E-state index in [1.807, 2.05) is 53.4 Å². The second-order valence-electron chi connectivity index (χ2n) is 6.04. The highest BCUT2D eigenvalue weighted by molar-refractivity contribution is 5.98. The van der Waals surface area contributed by atoms with E-state index in [0.717, 1.165) is 29.6 Å². The Morgan fingerprint density at radius 2 is 1.96 bits per heavy atom. The van der Waals surface area contributed by atoms with Gasteiger partial charge in [-0.25, -0.2) is 0 Å². The third-order valence-electron chi connectivity index (χ3n) is 4.54. The molecule has 0 bridgehead atoms. The van der Waals surface area contributed by atoms with Gasteiger partial charge in [0.2, 0.25) is 0 Å². The number of carbonyl (C=O) groups is 1. The fourth-order valence-electron chi connectivity index (χ4n) is 3.29. The monoisotopic (exact) mass is 317 g/mol. The van der Waals surface area contributed by atoms with E-state index >= 15 is 0 Å². The number of benzene rings is 2. The summed E-state index contributed by atoms with van der Waals surface area (Å²) in [5, 5.41) is 4.39. The molecule has 1 amide bonds. The molecule has 1 aliphatic heterocycles. The predicted octanol–water partition coefficient (Wildman–Crippen LogP) is 3.02. The number of hydrogen-bond donors (Lipinski definition) is 1. The van der Waals surface area contributed by atoms with Crippen molar-refractivity contribution in [3.05, 3.63) is 78.0 Å². The Bertz CT molecular complexity index is 863.